The van der Waals surface area contributed by atoms with Gasteiger partial charge in [0.2, 0.25) is 0 Å². The van der Waals surface area contributed by atoms with Crippen LogP contribution in [0.15, 0.2) is 54.6 Å². The predicted octanol–water partition coefficient (Wildman–Crippen LogP) is 2.91. The van der Waals surface area contributed by atoms with Gasteiger partial charge in [0.15, 0.2) is 11.5 Å². The fourth-order valence-corrected chi connectivity index (χ4v) is 4.85. The molecule has 0 radical (unpaired) electrons. The van der Waals surface area contributed by atoms with E-state index in [2.05, 4.69) is 4.90 Å². The van der Waals surface area contributed by atoms with E-state index >= 15 is 0 Å². The first-order valence-electron chi connectivity index (χ1n) is 11.6. The van der Waals surface area contributed by atoms with Crippen LogP contribution in [0, 0.1) is 0 Å². The van der Waals surface area contributed by atoms with Crippen LogP contribution in [0.4, 0.5) is 0 Å². The van der Waals surface area contributed by atoms with E-state index in [1.807, 2.05) is 29.2 Å². The van der Waals surface area contributed by atoms with E-state index in [0.717, 1.165) is 10.8 Å². The van der Waals surface area contributed by atoms with Gasteiger partial charge in [0, 0.05) is 61.3 Å². The molecule has 35 heavy (non-hydrogen) atoms. The van der Waals surface area contributed by atoms with Crippen molar-refractivity contribution in [2.24, 2.45) is 0 Å². The third-order valence-corrected chi connectivity index (χ3v) is 6.79. The van der Waals surface area contributed by atoms with Gasteiger partial charge in [-0.2, -0.15) is 0 Å². The van der Waals surface area contributed by atoms with Crippen LogP contribution in [0.1, 0.15) is 31.1 Å². The molecule has 3 amide bonds. The molecule has 0 N–H and O–H groups in total. The first-order chi connectivity index (χ1) is 17.0. The molecule has 5 rings (SSSR count). The lowest BCUT2D eigenvalue weighted by Crippen LogP contribution is -2.51. The lowest BCUT2D eigenvalue weighted by molar-refractivity contribution is 0.0550. The number of piperazine rings is 1. The summed E-state index contributed by atoms with van der Waals surface area (Å²) >= 11 is 0. The van der Waals surface area contributed by atoms with E-state index in [9.17, 15) is 14.4 Å². The number of rotatable bonds is 6. The number of hydrogen-bond acceptors (Lipinski definition) is 6. The van der Waals surface area contributed by atoms with Crippen LogP contribution in [-0.4, -0.2) is 85.9 Å². The van der Waals surface area contributed by atoms with Gasteiger partial charge in [0.05, 0.1) is 14.2 Å². The number of imide groups is 1. The zero-order valence-corrected chi connectivity index (χ0v) is 19.8. The Morgan fingerprint density at radius 1 is 0.800 bits per heavy atom. The zero-order chi connectivity index (χ0) is 24.5. The van der Waals surface area contributed by atoms with Crippen LogP contribution < -0.4 is 9.47 Å². The van der Waals surface area contributed by atoms with Crippen LogP contribution in [0.5, 0.6) is 11.5 Å². The van der Waals surface area contributed by atoms with Gasteiger partial charge in [-0.3, -0.25) is 24.2 Å². The molecule has 1 fully saturated rings. The molecule has 0 saturated carbocycles. The molecule has 8 nitrogen and oxygen atoms in total. The summed E-state index contributed by atoms with van der Waals surface area (Å²) in [7, 11) is 3.10. The summed E-state index contributed by atoms with van der Waals surface area (Å²) in [6, 6.07) is 16.3. The van der Waals surface area contributed by atoms with E-state index in [0.29, 0.717) is 67.5 Å². The Labute approximate surface area is 203 Å². The molecule has 0 bridgehead atoms. The van der Waals surface area contributed by atoms with Crippen molar-refractivity contribution in [3.8, 4) is 11.5 Å². The first-order valence-corrected chi connectivity index (χ1v) is 11.6. The van der Waals surface area contributed by atoms with Crippen LogP contribution >= 0.6 is 0 Å². The highest BCUT2D eigenvalue weighted by molar-refractivity contribution is 6.25. The molecule has 2 aliphatic heterocycles. The highest BCUT2D eigenvalue weighted by atomic mass is 16.5. The van der Waals surface area contributed by atoms with E-state index in [1.165, 1.54) is 4.90 Å². The minimum Gasteiger partial charge on any atom is -0.493 e. The molecule has 2 heterocycles. The maximum atomic E-state index is 13.1. The fraction of sp³-hybridized carbons (Fsp3) is 0.296. The highest BCUT2D eigenvalue weighted by Gasteiger charge is 2.33. The summed E-state index contributed by atoms with van der Waals surface area (Å²) < 4.78 is 10.6. The predicted molar refractivity (Wildman–Crippen MR) is 131 cm³/mol. The van der Waals surface area contributed by atoms with Crippen LogP contribution in [0.2, 0.25) is 0 Å². The van der Waals surface area contributed by atoms with Crippen LogP contribution in [-0.2, 0) is 0 Å². The van der Waals surface area contributed by atoms with Crippen molar-refractivity contribution in [1.29, 1.82) is 0 Å². The van der Waals surface area contributed by atoms with Gasteiger partial charge >= 0.3 is 0 Å². The molecule has 0 atom stereocenters. The number of benzene rings is 3. The summed E-state index contributed by atoms with van der Waals surface area (Å²) in [6.07, 6.45) is 0. The van der Waals surface area contributed by atoms with Crippen LogP contribution in [0.3, 0.4) is 0 Å². The smallest absolute Gasteiger partial charge is 0.261 e. The molecule has 180 valence electrons. The average Bonchev–Trinajstić information content (AvgIpc) is 2.91. The Kier molecular flexibility index (Phi) is 6.13. The molecule has 0 aromatic heterocycles. The van der Waals surface area contributed by atoms with E-state index in [4.69, 9.17) is 9.47 Å². The van der Waals surface area contributed by atoms with E-state index < -0.39 is 0 Å². The largest absolute Gasteiger partial charge is 0.493 e. The average molecular weight is 474 g/mol. The second kappa shape index (κ2) is 9.38. The number of nitrogens with zero attached hydrogens (tertiary/aromatic N) is 3. The number of ether oxygens (including phenoxy) is 2. The number of carbonyl (C=O) groups excluding carboxylic acids is 3. The van der Waals surface area contributed by atoms with Gasteiger partial charge in [-0.25, -0.2) is 0 Å². The Balaban J connectivity index is 1.21. The van der Waals surface area contributed by atoms with E-state index in [-0.39, 0.29) is 17.7 Å². The Morgan fingerprint density at radius 3 is 2.03 bits per heavy atom. The fourth-order valence-electron chi connectivity index (χ4n) is 4.85. The quantitative estimate of drug-likeness (QED) is 0.513. The number of carbonyl (C=O) groups is 3. The maximum Gasteiger partial charge on any atom is 0.261 e. The standard InChI is InChI=1S/C27H27N3O5/c1-34-22-10-9-19(17-23(22)35-2)25(31)29-14-11-28(12-15-29)13-16-30-26(32)20-7-3-5-18-6-4-8-21(24(18)20)27(30)33/h3-10,17H,11-16H2,1-2H3. The molecule has 0 aliphatic carbocycles. The van der Waals surface area contributed by atoms with Gasteiger partial charge in [0.25, 0.3) is 17.7 Å². The van der Waals surface area contributed by atoms with Crippen molar-refractivity contribution < 1.29 is 23.9 Å². The van der Waals surface area contributed by atoms with E-state index in [1.54, 1.807) is 44.6 Å². The third-order valence-electron chi connectivity index (χ3n) is 6.79. The Morgan fingerprint density at radius 2 is 1.43 bits per heavy atom. The first kappa shape index (κ1) is 22.9. The third kappa shape index (κ3) is 4.10. The maximum absolute atomic E-state index is 13.1. The molecule has 0 spiro atoms. The molecule has 1 saturated heterocycles. The summed E-state index contributed by atoms with van der Waals surface area (Å²) in [5, 5.41) is 1.64. The molecule has 8 heteroatoms. The van der Waals surface area contributed by atoms with Crippen molar-refractivity contribution in [1.82, 2.24) is 14.7 Å². The van der Waals surface area contributed by atoms with Crippen molar-refractivity contribution in [3.63, 3.8) is 0 Å². The normalized spacial score (nSPS) is 16.1. The number of methoxy groups -OCH3 is 2. The number of amides is 3. The minimum absolute atomic E-state index is 0.0586. The summed E-state index contributed by atoms with van der Waals surface area (Å²) in [5.74, 6) is 0.541. The van der Waals surface area contributed by atoms with Gasteiger partial charge < -0.3 is 14.4 Å². The van der Waals surface area contributed by atoms with Crippen molar-refractivity contribution in [3.05, 3.63) is 71.3 Å². The topological polar surface area (TPSA) is 79.4 Å². The van der Waals surface area contributed by atoms with Crippen molar-refractivity contribution in [2.75, 3.05) is 53.5 Å². The second-order valence-electron chi connectivity index (χ2n) is 8.67. The van der Waals surface area contributed by atoms with Crippen molar-refractivity contribution in [2.45, 2.75) is 0 Å². The van der Waals surface area contributed by atoms with Gasteiger partial charge in [-0.15, -0.1) is 0 Å². The monoisotopic (exact) mass is 473 g/mol. The van der Waals surface area contributed by atoms with Gasteiger partial charge in [-0.05, 0) is 35.7 Å². The van der Waals surface area contributed by atoms with Gasteiger partial charge in [0.1, 0.15) is 0 Å². The molecule has 3 aromatic rings. The SMILES string of the molecule is COc1ccc(C(=O)N2CCN(CCN3C(=O)c4cccc5cccc(c45)C3=O)CC2)cc1OC. The lowest BCUT2D eigenvalue weighted by atomic mass is 9.94. The number of hydrogen-bond donors (Lipinski definition) is 0. The van der Waals surface area contributed by atoms with Gasteiger partial charge in [-0.1, -0.05) is 24.3 Å². The molecular weight excluding hydrogens is 446 g/mol. The highest BCUT2D eigenvalue weighted by Crippen LogP contribution is 2.30. The summed E-state index contributed by atoms with van der Waals surface area (Å²) in [5.41, 5.74) is 1.69. The summed E-state index contributed by atoms with van der Waals surface area (Å²) in [4.78, 5) is 44.5. The molecule has 2 aliphatic rings. The summed E-state index contributed by atoms with van der Waals surface area (Å²) in [6.45, 7) is 3.34. The Hall–Kier alpha value is -3.91. The minimum atomic E-state index is -0.249. The molecular formula is C27H27N3O5. The van der Waals surface area contributed by atoms with Crippen LogP contribution in [0.25, 0.3) is 10.8 Å². The molecule has 3 aromatic carbocycles. The Bertz CT molecular complexity index is 1260. The second-order valence-corrected chi connectivity index (χ2v) is 8.67. The lowest BCUT2D eigenvalue weighted by Gasteiger charge is -2.36. The zero-order valence-electron chi connectivity index (χ0n) is 19.8. The molecule has 0 unspecified atom stereocenters. The van der Waals surface area contributed by atoms with Crippen molar-refractivity contribution >= 4 is 28.5 Å².